The van der Waals surface area contributed by atoms with Crippen LogP contribution >= 0.6 is 0 Å². The molecule has 2 aromatic heterocycles. The van der Waals surface area contributed by atoms with E-state index in [9.17, 15) is 14.4 Å². The number of methoxy groups -OCH3 is 1. The fourth-order valence-corrected chi connectivity index (χ4v) is 3.51. The van der Waals surface area contributed by atoms with Crippen molar-refractivity contribution in [3.63, 3.8) is 0 Å². The highest BCUT2D eigenvalue weighted by Gasteiger charge is 2.25. The van der Waals surface area contributed by atoms with Gasteiger partial charge in [0.15, 0.2) is 5.69 Å². The molecule has 2 aromatic carbocycles. The standard InChI is InChI=1S/C24H22N4O5/c1-27-23(30)18-10-4-3-9-17(18)22(26-27)24(31)28(14-16-8-7-13-33-16)15-21(29)25-19-11-5-6-12-20(19)32-2/h3-13H,14-15H2,1-2H3,(H,25,29). The number of para-hydroxylation sites is 2. The van der Waals surface area contributed by atoms with Crippen LogP contribution in [-0.4, -0.2) is 40.1 Å². The molecule has 2 amide bonds. The van der Waals surface area contributed by atoms with Crippen molar-refractivity contribution < 1.29 is 18.7 Å². The summed E-state index contributed by atoms with van der Waals surface area (Å²) in [7, 11) is 2.99. The van der Waals surface area contributed by atoms with Gasteiger partial charge in [0.2, 0.25) is 5.91 Å². The minimum atomic E-state index is -0.506. The summed E-state index contributed by atoms with van der Waals surface area (Å²) in [5.74, 6) is 0.0740. The number of rotatable bonds is 7. The van der Waals surface area contributed by atoms with Gasteiger partial charge in [0, 0.05) is 12.4 Å². The van der Waals surface area contributed by atoms with Crippen LogP contribution < -0.4 is 15.6 Å². The third-order valence-electron chi connectivity index (χ3n) is 5.09. The first-order valence-electron chi connectivity index (χ1n) is 10.2. The molecule has 0 radical (unpaired) electrons. The van der Waals surface area contributed by atoms with Crippen molar-refractivity contribution in [2.24, 2.45) is 7.05 Å². The molecule has 0 unspecified atom stereocenters. The summed E-state index contributed by atoms with van der Waals surface area (Å²) in [6, 6.07) is 17.2. The number of anilines is 1. The van der Waals surface area contributed by atoms with Crippen molar-refractivity contribution in [2.45, 2.75) is 6.54 Å². The maximum Gasteiger partial charge on any atom is 0.275 e. The molecule has 9 nitrogen and oxygen atoms in total. The van der Waals surface area contributed by atoms with Crippen LogP contribution in [0.15, 0.2) is 76.1 Å². The number of fused-ring (bicyclic) bond motifs is 1. The van der Waals surface area contributed by atoms with Gasteiger partial charge in [-0.25, -0.2) is 4.68 Å². The number of hydrogen-bond acceptors (Lipinski definition) is 6. The molecule has 1 N–H and O–H groups in total. The fraction of sp³-hybridized carbons (Fsp3) is 0.167. The molecule has 168 valence electrons. The fourth-order valence-electron chi connectivity index (χ4n) is 3.51. The summed E-state index contributed by atoms with van der Waals surface area (Å²) in [5.41, 5.74) is 0.249. The second-order valence-electron chi connectivity index (χ2n) is 7.31. The molecule has 33 heavy (non-hydrogen) atoms. The quantitative estimate of drug-likeness (QED) is 0.468. The zero-order valence-corrected chi connectivity index (χ0v) is 18.1. The number of carbonyl (C=O) groups is 2. The SMILES string of the molecule is COc1ccccc1NC(=O)CN(Cc1ccco1)C(=O)c1nn(C)c(=O)c2ccccc12. The molecule has 0 saturated carbocycles. The van der Waals surface area contributed by atoms with Crippen molar-refractivity contribution in [2.75, 3.05) is 19.0 Å². The second kappa shape index (κ2) is 9.39. The average molecular weight is 446 g/mol. The van der Waals surface area contributed by atoms with E-state index in [1.54, 1.807) is 60.7 Å². The van der Waals surface area contributed by atoms with Crippen LogP contribution in [0, 0.1) is 0 Å². The molecule has 4 rings (SSSR count). The minimum absolute atomic E-state index is 0.0457. The van der Waals surface area contributed by atoms with E-state index in [1.807, 2.05) is 0 Å². The van der Waals surface area contributed by atoms with Crippen LogP contribution in [0.2, 0.25) is 0 Å². The zero-order chi connectivity index (χ0) is 23.4. The van der Waals surface area contributed by atoms with Crippen molar-refractivity contribution in [3.8, 4) is 5.75 Å². The van der Waals surface area contributed by atoms with Crippen LogP contribution in [-0.2, 0) is 18.4 Å². The van der Waals surface area contributed by atoms with E-state index in [1.165, 1.54) is 25.3 Å². The zero-order valence-electron chi connectivity index (χ0n) is 18.1. The lowest BCUT2D eigenvalue weighted by atomic mass is 10.1. The number of benzene rings is 2. The molecule has 2 heterocycles. The third-order valence-corrected chi connectivity index (χ3v) is 5.09. The molecule has 9 heteroatoms. The highest BCUT2D eigenvalue weighted by Crippen LogP contribution is 2.23. The summed E-state index contributed by atoms with van der Waals surface area (Å²) in [4.78, 5) is 40.2. The van der Waals surface area contributed by atoms with E-state index in [4.69, 9.17) is 9.15 Å². The maximum absolute atomic E-state index is 13.6. The van der Waals surface area contributed by atoms with Crippen LogP contribution in [0.5, 0.6) is 5.75 Å². The van der Waals surface area contributed by atoms with Crippen LogP contribution in [0.1, 0.15) is 16.2 Å². The molecular formula is C24H22N4O5. The number of ether oxygens (including phenoxy) is 1. The highest BCUT2D eigenvalue weighted by molar-refractivity contribution is 6.06. The normalized spacial score (nSPS) is 10.7. The van der Waals surface area contributed by atoms with Gasteiger partial charge in [-0.15, -0.1) is 0 Å². The molecule has 0 aliphatic rings. The van der Waals surface area contributed by atoms with Crippen LogP contribution in [0.3, 0.4) is 0 Å². The van der Waals surface area contributed by atoms with E-state index in [0.717, 1.165) is 4.68 Å². The Morgan fingerprint density at radius 2 is 1.79 bits per heavy atom. The largest absolute Gasteiger partial charge is 0.495 e. The molecule has 0 saturated heterocycles. The molecule has 0 fully saturated rings. The number of nitrogens with zero attached hydrogens (tertiary/aromatic N) is 3. The predicted molar refractivity (Wildman–Crippen MR) is 122 cm³/mol. The van der Waals surface area contributed by atoms with Crippen molar-refractivity contribution in [1.29, 1.82) is 0 Å². The number of hydrogen-bond donors (Lipinski definition) is 1. The molecule has 0 bridgehead atoms. The molecule has 0 atom stereocenters. The van der Waals surface area contributed by atoms with Gasteiger partial charge in [-0.3, -0.25) is 14.4 Å². The lowest BCUT2D eigenvalue weighted by Gasteiger charge is -2.22. The van der Waals surface area contributed by atoms with Crippen molar-refractivity contribution >= 4 is 28.3 Å². The Hall–Kier alpha value is -4.40. The number of furan rings is 1. The number of carbonyl (C=O) groups excluding carboxylic acids is 2. The van der Waals surface area contributed by atoms with E-state index in [0.29, 0.717) is 28.0 Å². The highest BCUT2D eigenvalue weighted by atomic mass is 16.5. The van der Waals surface area contributed by atoms with Crippen LogP contribution in [0.4, 0.5) is 5.69 Å². The Morgan fingerprint density at radius 1 is 1.06 bits per heavy atom. The van der Waals surface area contributed by atoms with E-state index >= 15 is 0 Å². The number of aryl methyl sites for hydroxylation is 1. The van der Waals surface area contributed by atoms with Crippen LogP contribution in [0.25, 0.3) is 10.8 Å². The van der Waals surface area contributed by atoms with E-state index in [2.05, 4.69) is 10.4 Å². The summed E-state index contributed by atoms with van der Waals surface area (Å²) < 4.78 is 11.8. The lowest BCUT2D eigenvalue weighted by molar-refractivity contribution is -0.117. The average Bonchev–Trinajstić information content (AvgIpc) is 3.34. The molecular weight excluding hydrogens is 424 g/mol. The van der Waals surface area contributed by atoms with Gasteiger partial charge < -0.3 is 19.4 Å². The minimum Gasteiger partial charge on any atom is -0.495 e. The molecule has 4 aromatic rings. The monoisotopic (exact) mass is 446 g/mol. The van der Waals surface area contributed by atoms with Crippen molar-refractivity contribution in [3.05, 3.63) is 88.7 Å². The summed E-state index contributed by atoms with van der Waals surface area (Å²) >= 11 is 0. The van der Waals surface area contributed by atoms with Gasteiger partial charge >= 0.3 is 0 Å². The summed E-state index contributed by atoms with van der Waals surface area (Å²) in [6.45, 7) is -0.222. The first-order chi connectivity index (χ1) is 16.0. The topological polar surface area (TPSA) is 107 Å². The van der Waals surface area contributed by atoms with Gasteiger partial charge in [0.1, 0.15) is 18.1 Å². The summed E-state index contributed by atoms with van der Waals surface area (Å²) in [5, 5.41) is 7.76. The van der Waals surface area contributed by atoms with E-state index < -0.39 is 11.8 Å². The predicted octanol–water partition coefficient (Wildman–Crippen LogP) is 2.82. The Bertz CT molecular complexity index is 1360. The second-order valence-corrected chi connectivity index (χ2v) is 7.31. The van der Waals surface area contributed by atoms with Gasteiger partial charge in [-0.2, -0.15) is 5.10 Å². The number of amides is 2. The number of aromatic nitrogens is 2. The Labute approximate surface area is 189 Å². The Morgan fingerprint density at radius 3 is 2.52 bits per heavy atom. The maximum atomic E-state index is 13.6. The van der Waals surface area contributed by atoms with Gasteiger partial charge in [0.25, 0.3) is 11.5 Å². The summed E-state index contributed by atoms with van der Waals surface area (Å²) in [6.07, 6.45) is 1.49. The van der Waals surface area contributed by atoms with Gasteiger partial charge in [-0.05, 0) is 30.3 Å². The van der Waals surface area contributed by atoms with Crippen molar-refractivity contribution in [1.82, 2.24) is 14.7 Å². The smallest absolute Gasteiger partial charge is 0.275 e. The lowest BCUT2D eigenvalue weighted by Crippen LogP contribution is -2.39. The van der Waals surface area contributed by atoms with Gasteiger partial charge in [-0.1, -0.05) is 30.3 Å². The molecule has 0 aliphatic heterocycles. The molecule has 0 spiro atoms. The Balaban J connectivity index is 1.67. The Kier molecular flexibility index (Phi) is 6.21. The van der Waals surface area contributed by atoms with Gasteiger partial charge in [0.05, 0.1) is 31.0 Å². The number of nitrogens with one attached hydrogen (secondary N) is 1. The first kappa shape index (κ1) is 21.8. The first-order valence-corrected chi connectivity index (χ1v) is 10.2. The molecule has 0 aliphatic carbocycles. The van der Waals surface area contributed by atoms with E-state index in [-0.39, 0.29) is 24.3 Å². The third kappa shape index (κ3) is 4.62.